The number of aromatic nitrogens is 2. The van der Waals surface area contributed by atoms with Crippen molar-refractivity contribution in [2.24, 2.45) is 0 Å². The molecule has 11 heteroatoms. The molecule has 2 aliphatic rings. The van der Waals surface area contributed by atoms with Gasteiger partial charge in [-0.1, -0.05) is 15.9 Å². The van der Waals surface area contributed by atoms with Gasteiger partial charge in [0, 0.05) is 43.7 Å². The fraction of sp³-hybridized carbons (Fsp3) is 0.474. The standard InChI is InChI=1S/C19H24BrN5O4S/c1-28-16-3-2-15(20)14-17(16)30(26,27)25-8-6-23(7-9-25)18-4-5-19(22-21-18)24-10-12-29-13-11-24/h2-5,14H,6-13H2,1H3. The molecular weight excluding hydrogens is 474 g/mol. The van der Waals surface area contributed by atoms with Crippen molar-refractivity contribution in [2.45, 2.75) is 4.90 Å². The molecule has 2 aliphatic heterocycles. The lowest BCUT2D eigenvalue weighted by Crippen LogP contribution is -2.49. The number of methoxy groups -OCH3 is 1. The first-order valence-corrected chi connectivity index (χ1v) is 12.0. The van der Waals surface area contributed by atoms with Crippen LogP contribution in [0.2, 0.25) is 0 Å². The maximum Gasteiger partial charge on any atom is 0.246 e. The summed E-state index contributed by atoms with van der Waals surface area (Å²) >= 11 is 3.34. The average Bonchev–Trinajstić information content (AvgIpc) is 2.80. The van der Waals surface area contributed by atoms with Gasteiger partial charge in [0.2, 0.25) is 10.0 Å². The first-order chi connectivity index (χ1) is 14.5. The third-order valence-corrected chi connectivity index (χ3v) is 7.69. The largest absolute Gasteiger partial charge is 0.495 e. The SMILES string of the molecule is COc1ccc(Br)cc1S(=O)(=O)N1CCN(c2ccc(N3CCOCC3)nn2)CC1. The quantitative estimate of drug-likeness (QED) is 0.615. The summed E-state index contributed by atoms with van der Waals surface area (Å²) in [5.41, 5.74) is 0. The monoisotopic (exact) mass is 497 g/mol. The van der Waals surface area contributed by atoms with Gasteiger partial charge < -0.3 is 19.3 Å². The van der Waals surface area contributed by atoms with Gasteiger partial charge in [0.25, 0.3) is 0 Å². The van der Waals surface area contributed by atoms with Gasteiger partial charge >= 0.3 is 0 Å². The van der Waals surface area contributed by atoms with Crippen molar-refractivity contribution in [1.29, 1.82) is 0 Å². The Morgan fingerprint density at radius 2 is 1.53 bits per heavy atom. The number of nitrogens with zero attached hydrogens (tertiary/aromatic N) is 5. The van der Waals surface area contributed by atoms with Crippen LogP contribution in [-0.4, -0.2) is 82.5 Å². The van der Waals surface area contributed by atoms with E-state index in [0.717, 1.165) is 24.7 Å². The summed E-state index contributed by atoms with van der Waals surface area (Å²) < 4.78 is 39.1. The Morgan fingerprint density at radius 3 is 2.10 bits per heavy atom. The van der Waals surface area contributed by atoms with Crippen molar-refractivity contribution < 1.29 is 17.9 Å². The van der Waals surface area contributed by atoms with Crippen LogP contribution in [0.5, 0.6) is 5.75 Å². The molecule has 0 aliphatic carbocycles. The van der Waals surface area contributed by atoms with E-state index in [1.54, 1.807) is 18.2 Å². The Kier molecular flexibility index (Phi) is 6.42. The van der Waals surface area contributed by atoms with Gasteiger partial charge in [-0.2, -0.15) is 4.31 Å². The van der Waals surface area contributed by atoms with Crippen molar-refractivity contribution >= 4 is 37.6 Å². The lowest BCUT2D eigenvalue weighted by atomic mass is 10.3. The minimum atomic E-state index is -3.66. The molecule has 0 bridgehead atoms. The molecule has 30 heavy (non-hydrogen) atoms. The van der Waals surface area contributed by atoms with E-state index in [2.05, 4.69) is 35.9 Å². The van der Waals surface area contributed by atoms with Crippen LogP contribution in [0.1, 0.15) is 0 Å². The van der Waals surface area contributed by atoms with E-state index in [-0.39, 0.29) is 4.90 Å². The minimum absolute atomic E-state index is 0.169. The third kappa shape index (κ3) is 4.39. The van der Waals surface area contributed by atoms with Crippen molar-refractivity contribution in [3.63, 3.8) is 0 Å². The summed E-state index contributed by atoms with van der Waals surface area (Å²) in [4.78, 5) is 4.37. The fourth-order valence-corrected chi connectivity index (χ4v) is 5.71. The molecule has 0 N–H and O–H groups in total. The molecule has 0 amide bonds. The lowest BCUT2D eigenvalue weighted by molar-refractivity contribution is 0.122. The summed E-state index contributed by atoms with van der Waals surface area (Å²) in [6.07, 6.45) is 0. The molecule has 0 atom stereocenters. The molecule has 162 valence electrons. The number of sulfonamides is 1. The summed E-state index contributed by atoms with van der Waals surface area (Å²) in [5.74, 6) is 1.93. The molecule has 0 spiro atoms. The van der Waals surface area contributed by atoms with E-state index in [1.165, 1.54) is 11.4 Å². The van der Waals surface area contributed by atoms with E-state index < -0.39 is 10.0 Å². The van der Waals surface area contributed by atoms with Crippen molar-refractivity contribution in [2.75, 3.05) is 69.4 Å². The smallest absolute Gasteiger partial charge is 0.246 e. The molecule has 0 radical (unpaired) electrons. The molecule has 1 aromatic heterocycles. The lowest BCUT2D eigenvalue weighted by Gasteiger charge is -2.35. The van der Waals surface area contributed by atoms with Gasteiger partial charge in [-0.05, 0) is 30.3 Å². The summed E-state index contributed by atoms with van der Waals surface area (Å²) in [7, 11) is -2.19. The Balaban J connectivity index is 1.43. The van der Waals surface area contributed by atoms with Crippen LogP contribution in [-0.2, 0) is 14.8 Å². The normalized spacial score (nSPS) is 18.5. The molecule has 4 rings (SSSR count). The number of ether oxygens (including phenoxy) is 2. The van der Waals surface area contributed by atoms with Crippen LogP contribution in [0.25, 0.3) is 0 Å². The van der Waals surface area contributed by atoms with Crippen LogP contribution in [0, 0.1) is 0 Å². The van der Waals surface area contributed by atoms with Gasteiger partial charge in [0.1, 0.15) is 10.6 Å². The first kappa shape index (κ1) is 21.3. The predicted molar refractivity (Wildman–Crippen MR) is 117 cm³/mol. The molecule has 1 aromatic carbocycles. The maximum absolute atomic E-state index is 13.1. The summed E-state index contributed by atoms with van der Waals surface area (Å²) in [6.45, 7) is 4.83. The van der Waals surface area contributed by atoms with Crippen molar-refractivity contribution in [3.05, 3.63) is 34.8 Å². The molecule has 0 saturated carbocycles. The molecule has 2 saturated heterocycles. The molecule has 0 unspecified atom stereocenters. The molecule has 3 heterocycles. The van der Waals surface area contributed by atoms with E-state index in [4.69, 9.17) is 9.47 Å². The number of hydrogen-bond donors (Lipinski definition) is 0. The van der Waals surface area contributed by atoms with Crippen LogP contribution in [0.4, 0.5) is 11.6 Å². The average molecular weight is 498 g/mol. The Labute approximate surface area is 184 Å². The van der Waals surface area contributed by atoms with Crippen LogP contribution in [0.3, 0.4) is 0 Å². The van der Waals surface area contributed by atoms with Gasteiger partial charge in [0.05, 0.1) is 20.3 Å². The number of piperazine rings is 1. The predicted octanol–water partition coefficient (Wildman–Crippen LogP) is 1.60. The van der Waals surface area contributed by atoms with E-state index in [0.29, 0.717) is 49.6 Å². The van der Waals surface area contributed by atoms with Gasteiger partial charge in [-0.15, -0.1) is 10.2 Å². The summed E-state index contributed by atoms with van der Waals surface area (Å²) in [5, 5.41) is 8.71. The zero-order valence-electron chi connectivity index (χ0n) is 16.7. The third-order valence-electron chi connectivity index (χ3n) is 5.28. The topological polar surface area (TPSA) is 88.1 Å². The number of halogens is 1. The highest BCUT2D eigenvalue weighted by Crippen LogP contribution is 2.30. The van der Waals surface area contributed by atoms with Crippen LogP contribution in [0.15, 0.2) is 39.7 Å². The molecule has 9 nitrogen and oxygen atoms in total. The Morgan fingerprint density at radius 1 is 0.933 bits per heavy atom. The number of anilines is 2. The van der Waals surface area contributed by atoms with Gasteiger partial charge in [-0.3, -0.25) is 0 Å². The minimum Gasteiger partial charge on any atom is -0.495 e. The van der Waals surface area contributed by atoms with E-state index in [9.17, 15) is 8.42 Å². The number of rotatable bonds is 5. The zero-order chi connectivity index (χ0) is 21.1. The van der Waals surface area contributed by atoms with E-state index >= 15 is 0 Å². The second kappa shape index (κ2) is 9.04. The van der Waals surface area contributed by atoms with Crippen LogP contribution < -0.4 is 14.5 Å². The summed E-state index contributed by atoms with van der Waals surface area (Å²) in [6, 6.07) is 8.90. The number of hydrogen-bond acceptors (Lipinski definition) is 8. The highest BCUT2D eigenvalue weighted by molar-refractivity contribution is 9.10. The second-order valence-electron chi connectivity index (χ2n) is 7.04. The van der Waals surface area contributed by atoms with Gasteiger partial charge in [0.15, 0.2) is 11.6 Å². The number of morpholine rings is 1. The van der Waals surface area contributed by atoms with E-state index in [1.807, 2.05) is 12.1 Å². The highest BCUT2D eigenvalue weighted by Gasteiger charge is 2.31. The highest BCUT2D eigenvalue weighted by atomic mass is 79.9. The maximum atomic E-state index is 13.1. The number of benzene rings is 1. The first-order valence-electron chi connectivity index (χ1n) is 9.74. The molecular formula is C19H24BrN5O4S. The van der Waals surface area contributed by atoms with Crippen molar-refractivity contribution in [3.8, 4) is 5.75 Å². The van der Waals surface area contributed by atoms with Crippen LogP contribution >= 0.6 is 15.9 Å². The van der Waals surface area contributed by atoms with Gasteiger partial charge in [-0.25, -0.2) is 8.42 Å². The molecule has 2 aromatic rings. The fourth-order valence-electron chi connectivity index (χ4n) is 3.60. The van der Waals surface area contributed by atoms with Crippen molar-refractivity contribution in [1.82, 2.24) is 14.5 Å². The Hall–Kier alpha value is -1.95. The molecule has 2 fully saturated rings. The Bertz CT molecular complexity index is 975. The second-order valence-corrected chi connectivity index (χ2v) is 9.86. The zero-order valence-corrected chi connectivity index (χ0v) is 19.1.